The highest BCUT2D eigenvalue weighted by atomic mass is 16.2. The molecule has 5 heteroatoms. The molecule has 126 valence electrons. The summed E-state index contributed by atoms with van der Waals surface area (Å²) in [6.45, 7) is 2.96. The molecule has 2 aliphatic rings. The number of aromatic nitrogens is 2. The predicted octanol–water partition coefficient (Wildman–Crippen LogP) is 2.03. The Kier molecular flexibility index (Phi) is 4.34. The van der Waals surface area contributed by atoms with Gasteiger partial charge in [0.25, 0.3) is 0 Å². The molecule has 0 spiro atoms. The summed E-state index contributed by atoms with van der Waals surface area (Å²) in [5.74, 6) is 0.967. The molecule has 2 aromatic rings. The minimum atomic E-state index is 0.136. The smallest absolute Gasteiger partial charge is 0.234 e. The van der Waals surface area contributed by atoms with Crippen LogP contribution in [-0.2, 0) is 17.9 Å². The van der Waals surface area contributed by atoms with Gasteiger partial charge >= 0.3 is 0 Å². The second-order valence-corrected chi connectivity index (χ2v) is 7.01. The number of carbonyl (C=O) groups excluding carboxylic acids is 1. The van der Waals surface area contributed by atoms with Gasteiger partial charge in [0.2, 0.25) is 5.91 Å². The van der Waals surface area contributed by atoms with Crippen LogP contribution in [0.2, 0.25) is 0 Å². The highest BCUT2D eigenvalue weighted by Gasteiger charge is 2.38. The largest absolute Gasteiger partial charge is 0.351 e. The van der Waals surface area contributed by atoms with Crippen molar-refractivity contribution in [3.8, 4) is 0 Å². The summed E-state index contributed by atoms with van der Waals surface area (Å²) < 4.78 is 1.90. The number of amides is 1. The second-order valence-electron chi connectivity index (χ2n) is 7.01. The number of benzene rings is 1. The highest BCUT2D eigenvalue weighted by molar-refractivity contribution is 5.78. The summed E-state index contributed by atoms with van der Waals surface area (Å²) in [5, 5.41) is 7.36. The molecule has 1 saturated carbocycles. The maximum absolute atomic E-state index is 12.3. The van der Waals surface area contributed by atoms with E-state index in [2.05, 4.69) is 27.4 Å². The van der Waals surface area contributed by atoms with Gasteiger partial charge in [-0.2, -0.15) is 5.10 Å². The molecule has 1 amide bonds. The third kappa shape index (κ3) is 3.36. The highest BCUT2D eigenvalue weighted by Crippen LogP contribution is 2.36. The quantitative estimate of drug-likeness (QED) is 0.884. The number of likely N-dealkylation sites (tertiary alicyclic amines) is 1. The molecule has 1 N–H and O–H groups in total. The van der Waals surface area contributed by atoms with Gasteiger partial charge in [-0.15, -0.1) is 0 Å². The van der Waals surface area contributed by atoms with Crippen molar-refractivity contribution < 1.29 is 4.79 Å². The van der Waals surface area contributed by atoms with Crippen molar-refractivity contribution >= 4 is 5.91 Å². The van der Waals surface area contributed by atoms with Crippen LogP contribution in [0.4, 0.5) is 0 Å². The standard InChI is InChI=1S/C19H24N4O/c24-19(14-22-12-15-6-7-18(22)10-15)20-11-16-4-1-2-5-17(16)13-23-9-3-8-21-23/h1-5,8-9,15,18H,6-7,10-14H2,(H,20,24)/t15-,18+/m0/s1. The lowest BCUT2D eigenvalue weighted by Crippen LogP contribution is -2.41. The molecule has 5 nitrogen and oxygen atoms in total. The molecule has 1 aliphatic heterocycles. The van der Waals surface area contributed by atoms with Gasteiger partial charge in [-0.05, 0) is 42.4 Å². The monoisotopic (exact) mass is 324 g/mol. The van der Waals surface area contributed by atoms with E-state index in [4.69, 9.17) is 0 Å². The van der Waals surface area contributed by atoms with Crippen LogP contribution < -0.4 is 5.32 Å². The number of nitrogens with zero attached hydrogens (tertiary/aromatic N) is 3. The minimum Gasteiger partial charge on any atom is -0.351 e. The normalized spacial score (nSPS) is 22.8. The van der Waals surface area contributed by atoms with Crippen molar-refractivity contribution in [2.24, 2.45) is 5.92 Å². The van der Waals surface area contributed by atoms with E-state index in [1.54, 1.807) is 6.20 Å². The third-order valence-electron chi connectivity index (χ3n) is 5.36. The van der Waals surface area contributed by atoms with Gasteiger partial charge < -0.3 is 5.32 Å². The van der Waals surface area contributed by atoms with E-state index in [0.717, 1.165) is 24.6 Å². The van der Waals surface area contributed by atoms with Crippen molar-refractivity contribution in [3.05, 3.63) is 53.9 Å². The maximum Gasteiger partial charge on any atom is 0.234 e. The Bertz CT molecular complexity index is 697. The Morgan fingerprint density at radius 2 is 2.08 bits per heavy atom. The van der Waals surface area contributed by atoms with Crippen LogP contribution in [0, 0.1) is 5.92 Å². The number of rotatable bonds is 6. The number of piperidine rings is 1. The molecule has 0 radical (unpaired) electrons. The molecule has 1 aromatic heterocycles. The molecule has 4 rings (SSSR count). The molecular weight excluding hydrogens is 300 g/mol. The van der Waals surface area contributed by atoms with Gasteiger partial charge in [0.1, 0.15) is 0 Å². The Balaban J connectivity index is 1.33. The molecule has 1 saturated heterocycles. The van der Waals surface area contributed by atoms with Crippen molar-refractivity contribution in [2.45, 2.75) is 38.4 Å². The molecule has 0 unspecified atom stereocenters. The fourth-order valence-electron chi connectivity index (χ4n) is 4.11. The fraction of sp³-hybridized carbons (Fsp3) is 0.474. The molecule has 2 atom stereocenters. The van der Waals surface area contributed by atoms with Gasteiger partial charge in [0, 0.05) is 31.5 Å². The average Bonchev–Trinajstić information content (AvgIpc) is 3.32. The van der Waals surface area contributed by atoms with Crippen LogP contribution in [0.15, 0.2) is 42.7 Å². The van der Waals surface area contributed by atoms with Gasteiger partial charge in [0.05, 0.1) is 13.1 Å². The van der Waals surface area contributed by atoms with Crippen LogP contribution in [0.3, 0.4) is 0 Å². The lowest BCUT2D eigenvalue weighted by atomic mass is 10.1. The van der Waals surface area contributed by atoms with Crippen molar-refractivity contribution in [1.82, 2.24) is 20.0 Å². The first-order chi connectivity index (χ1) is 11.8. The van der Waals surface area contributed by atoms with Gasteiger partial charge in [-0.1, -0.05) is 24.3 Å². The third-order valence-corrected chi connectivity index (χ3v) is 5.36. The van der Waals surface area contributed by atoms with E-state index in [1.807, 2.05) is 29.1 Å². The Labute approximate surface area is 142 Å². The molecule has 2 heterocycles. The molecule has 2 fully saturated rings. The van der Waals surface area contributed by atoms with Crippen molar-refractivity contribution in [2.75, 3.05) is 13.1 Å². The topological polar surface area (TPSA) is 50.2 Å². The van der Waals surface area contributed by atoms with Crippen molar-refractivity contribution in [1.29, 1.82) is 0 Å². The van der Waals surface area contributed by atoms with E-state index >= 15 is 0 Å². The average molecular weight is 324 g/mol. The molecule has 1 aromatic carbocycles. The van der Waals surface area contributed by atoms with Gasteiger partial charge in [-0.3, -0.25) is 14.4 Å². The number of fused-ring (bicyclic) bond motifs is 2. The summed E-state index contributed by atoms with van der Waals surface area (Å²) in [6.07, 6.45) is 7.65. The van der Waals surface area contributed by atoms with E-state index in [1.165, 1.54) is 24.8 Å². The Hall–Kier alpha value is -2.14. The summed E-state index contributed by atoms with van der Waals surface area (Å²) >= 11 is 0. The first-order valence-corrected chi connectivity index (χ1v) is 8.83. The summed E-state index contributed by atoms with van der Waals surface area (Å²) in [7, 11) is 0. The van der Waals surface area contributed by atoms with E-state index in [9.17, 15) is 4.79 Å². The van der Waals surface area contributed by atoms with E-state index < -0.39 is 0 Å². The fourth-order valence-corrected chi connectivity index (χ4v) is 4.11. The number of carbonyl (C=O) groups is 1. The summed E-state index contributed by atoms with van der Waals surface area (Å²) in [5.41, 5.74) is 2.35. The van der Waals surface area contributed by atoms with Crippen LogP contribution in [0.1, 0.15) is 30.4 Å². The van der Waals surface area contributed by atoms with E-state index in [-0.39, 0.29) is 5.91 Å². The zero-order valence-corrected chi connectivity index (χ0v) is 13.9. The minimum absolute atomic E-state index is 0.136. The van der Waals surface area contributed by atoms with Gasteiger partial charge in [-0.25, -0.2) is 0 Å². The van der Waals surface area contributed by atoms with Crippen LogP contribution in [0.5, 0.6) is 0 Å². The Morgan fingerprint density at radius 1 is 1.21 bits per heavy atom. The number of hydrogen-bond acceptors (Lipinski definition) is 3. The Morgan fingerprint density at radius 3 is 2.79 bits per heavy atom. The zero-order valence-electron chi connectivity index (χ0n) is 13.9. The van der Waals surface area contributed by atoms with Crippen molar-refractivity contribution in [3.63, 3.8) is 0 Å². The first-order valence-electron chi connectivity index (χ1n) is 8.83. The van der Waals surface area contributed by atoms with Crippen LogP contribution in [-0.4, -0.2) is 39.7 Å². The van der Waals surface area contributed by atoms with Gasteiger partial charge in [0.15, 0.2) is 0 Å². The second kappa shape index (κ2) is 6.77. The molecule has 1 aliphatic carbocycles. The SMILES string of the molecule is O=C(CN1C[C@H]2CC[C@@H]1C2)NCc1ccccc1Cn1cccn1. The maximum atomic E-state index is 12.3. The number of hydrogen-bond donors (Lipinski definition) is 1. The molecule has 2 bridgehead atoms. The predicted molar refractivity (Wildman–Crippen MR) is 92.3 cm³/mol. The molecular formula is C19H24N4O. The van der Waals surface area contributed by atoms with Crippen LogP contribution in [0.25, 0.3) is 0 Å². The summed E-state index contributed by atoms with van der Waals surface area (Å²) in [4.78, 5) is 14.7. The first kappa shape index (κ1) is 15.4. The zero-order chi connectivity index (χ0) is 16.4. The number of nitrogens with one attached hydrogen (secondary N) is 1. The lowest BCUT2D eigenvalue weighted by Gasteiger charge is -2.26. The van der Waals surface area contributed by atoms with E-state index in [0.29, 0.717) is 19.1 Å². The lowest BCUT2D eigenvalue weighted by molar-refractivity contribution is -0.122. The summed E-state index contributed by atoms with van der Waals surface area (Å²) in [6, 6.07) is 10.8. The molecule has 24 heavy (non-hydrogen) atoms. The van der Waals surface area contributed by atoms with Crippen LogP contribution >= 0.6 is 0 Å².